The van der Waals surface area contributed by atoms with Crippen molar-refractivity contribution >= 4 is 16.8 Å². The van der Waals surface area contributed by atoms with E-state index < -0.39 is 0 Å². The summed E-state index contributed by atoms with van der Waals surface area (Å²) in [5, 5.41) is 3.96. The second kappa shape index (κ2) is 6.98. The predicted molar refractivity (Wildman–Crippen MR) is 81.0 cm³/mol. The minimum Gasteiger partial charge on any atom is -0.494 e. The number of hydrogen-bond donors (Lipinski definition) is 1. The lowest BCUT2D eigenvalue weighted by Crippen LogP contribution is -2.23. The van der Waals surface area contributed by atoms with Crippen LogP contribution in [0.3, 0.4) is 0 Å². The van der Waals surface area contributed by atoms with Crippen molar-refractivity contribution in [2.75, 3.05) is 13.2 Å². The van der Waals surface area contributed by atoms with Crippen LogP contribution in [0.25, 0.3) is 10.9 Å². The Hall–Kier alpha value is -1.97. The Morgan fingerprint density at radius 3 is 2.90 bits per heavy atom. The highest BCUT2D eigenvalue weighted by molar-refractivity contribution is 5.82. The van der Waals surface area contributed by atoms with Crippen molar-refractivity contribution in [3.63, 3.8) is 0 Å². The molecule has 0 saturated carbocycles. The molecule has 1 aromatic carbocycles. The largest absolute Gasteiger partial charge is 0.494 e. The Kier molecular flexibility index (Phi) is 5.04. The molecular weight excluding hydrogens is 252 g/mol. The number of hydrogen-bond acceptors (Lipinski definition) is 2. The SMILES string of the molecule is CCCOc1ccc2c(ccn2CCC(=O)NCC)c1. The molecule has 108 valence electrons. The van der Waals surface area contributed by atoms with Crippen LogP contribution in [-0.2, 0) is 11.3 Å². The van der Waals surface area contributed by atoms with Gasteiger partial charge in [-0.15, -0.1) is 0 Å². The van der Waals surface area contributed by atoms with Gasteiger partial charge in [0.25, 0.3) is 0 Å². The number of nitrogens with one attached hydrogen (secondary N) is 1. The lowest BCUT2D eigenvalue weighted by atomic mass is 10.2. The molecule has 20 heavy (non-hydrogen) atoms. The lowest BCUT2D eigenvalue weighted by molar-refractivity contribution is -0.121. The molecule has 2 aromatic rings. The van der Waals surface area contributed by atoms with Crippen molar-refractivity contribution in [3.05, 3.63) is 30.5 Å². The van der Waals surface area contributed by atoms with Crippen LogP contribution in [-0.4, -0.2) is 23.6 Å². The fourth-order valence-corrected chi connectivity index (χ4v) is 2.19. The molecule has 4 nitrogen and oxygen atoms in total. The van der Waals surface area contributed by atoms with E-state index in [4.69, 9.17) is 4.74 Å². The molecule has 1 aromatic heterocycles. The van der Waals surface area contributed by atoms with E-state index in [1.54, 1.807) is 0 Å². The zero-order chi connectivity index (χ0) is 14.4. The van der Waals surface area contributed by atoms with Gasteiger partial charge in [0.2, 0.25) is 5.91 Å². The number of aryl methyl sites for hydroxylation is 1. The molecule has 0 saturated heterocycles. The summed E-state index contributed by atoms with van der Waals surface area (Å²) in [7, 11) is 0. The first kappa shape index (κ1) is 14.4. The van der Waals surface area contributed by atoms with E-state index >= 15 is 0 Å². The topological polar surface area (TPSA) is 43.3 Å². The Bertz CT molecular complexity index is 575. The van der Waals surface area contributed by atoms with Crippen LogP contribution in [0.5, 0.6) is 5.75 Å². The number of aromatic nitrogens is 1. The molecule has 1 heterocycles. The molecule has 0 aliphatic rings. The fraction of sp³-hybridized carbons (Fsp3) is 0.438. The molecular formula is C16H22N2O2. The van der Waals surface area contributed by atoms with E-state index in [0.29, 0.717) is 19.5 Å². The van der Waals surface area contributed by atoms with Gasteiger partial charge in [0.1, 0.15) is 5.75 Å². The third kappa shape index (κ3) is 3.53. The van der Waals surface area contributed by atoms with E-state index in [-0.39, 0.29) is 5.91 Å². The molecule has 0 atom stereocenters. The summed E-state index contributed by atoms with van der Waals surface area (Å²) in [5.41, 5.74) is 1.14. The minimum absolute atomic E-state index is 0.0947. The van der Waals surface area contributed by atoms with Gasteiger partial charge in [0, 0.05) is 36.6 Å². The predicted octanol–water partition coefficient (Wildman–Crippen LogP) is 2.96. The monoisotopic (exact) mass is 274 g/mol. The zero-order valence-electron chi connectivity index (χ0n) is 12.2. The number of fused-ring (bicyclic) bond motifs is 1. The van der Waals surface area contributed by atoms with Crippen LogP contribution >= 0.6 is 0 Å². The van der Waals surface area contributed by atoms with E-state index in [9.17, 15) is 4.79 Å². The van der Waals surface area contributed by atoms with Gasteiger partial charge in [0.15, 0.2) is 0 Å². The van der Waals surface area contributed by atoms with Crippen molar-refractivity contribution in [2.24, 2.45) is 0 Å². The maximum atomic E-state index is 11.5. The molecule has 0 spiro atoms. The lowest BCUT2D eigenvalue weighted by Gasteiger charge is -2.07. The Morgan fingerprint density at radius 1 is 1.30 bits per heavy atom. The molecule has 0 aliphatic carbocycles. The summed E-state index contributed by atoms with van der Waals surface area (Å²) in [5.74, 6) is 0.998. The quantitative estimate of drug-likeness (QED) is 0.843. The highest BCUT2D eigenvalue weighted by Gasteiger charge is 2.05. The summed E-state index contributed by atoms with van der Waals surface area (Å²) in [6.45, 7) is 6.15. The van der Waals surface area contributed by atoms with E-state index in [1.807, 2.05) is 25.3 Å². The van der Waals surface area contributed by atoms with Crippen LogP contribution < -0.4 is 10.1 Å². The second-order valence-electron chi connectivity index (χ2n) is 4.78. The molecule has 0 unspecified atom stereocenters. The average Bonchev–Trinajstić information content (AvgIpc) is 2.85. The summed E-state index contributed by atoms with van der Waals surface area (Å²) in [4.78, 5) is 11.5. The smallest absolute Gasteiger partial charge is 0.221 e. The van der Waals surface area contributed by atoms with Gasteiger partial charge in [-0.2, -0.15) is 0 Å². The second-order valence-corrected chi connectivity index (χ2v) is 4.78. The maximum absolute atomic E-state index is 11.5. The number of nitrogens with zero attached hydrogens (tertiary/aromatic N) is 1. The van der Waals surface area contributed by atoms with Crippen molar-refractivity contribution in [1.29, 1.82) is 0 Å². The van der Waals surface area contributed by atoms with Gasteiger partial charge in [0.05, 0.1) is 6.61 Å². The average molecular weight is 274 g/mol. The van der Waals surface area contributed by atoms with Crippen molar-refractivity contribution in [1.82, 2.24) is 9.88 Å². The highest BCUT2D eigenvalue weighted by atomic mass is 16.5. The first-order valence-electron chi connectivity index (χ1n) is 7.23. The van der Waals surface area contributed by atoms with Crippen LogP contribution in [0.2, 0.25) is 0 Å². The number of benzene rings is 1. The van der Waals surface area contributed by atoms with Crippen LogP contribution in [0.4, 0.5) is 0 Å². The van der Waals surface area contributed by atoms with Gasteiger partial charge >= 0.3 is 0 Å². The number of carbonyl (C=O) groups excluding carboxylic acids is 1. The molecule has 0 radical (unpaired) electrons. The van der Waals surface area contributed by atoms with Gasteiger partial charge in [-0.05, 0) is 37.6 Å². The first-order valence-corrected chi connectivity index (χ1v) is 7.23. The zero-order valence-corrected chi connectivity index (χ0v) is 12.2. The van der Waals surface area contributed by atoms with Gasteiger partial charge in [-0.1, -0.05) is 6.92 Å². The third-order valence-corrected chi connectivity index (χ3v) is 3.17. The molecule has 0 fully saturated rings. The van der Waals surface area contributed by atoms with E-state index in [2.05, 4.69) is 28.9 Å². The number of amides is 1. The summed E-state index contributed by atoms with van der Waals surface area (Å²) in [6.07, 6.45) is 3.53. The van der Waals surface area contributed by atoms with Crippen molar-refractivity contribution in [3.8, 4) is 5.75 Å². The van der Waals surface area contributed by atoms with Crippen molar-refractivity contribution in [2.45, 2.75) is 33.2 Å². The first-order chi connectivity index (χ1) is 9.74. The molecule has 1 amide bonds. The number of carbonyl (C=O) groups is 1. The Balaban J connectivity index is 2.06. The minimum atomic E-state index is 0.0947. The number of rotatable bonds is 7. The Labute approximate surface area is 119 Å². The van der Waals surface area contributed by atoms with Crippen LogP contribution in [0.15, 0.2) is 30.5 Å². The summed E-state index contributed by atoms with van der Waals surface area (Å²) < 4.78 is 7.73. The molecule has 1 N–H and O–H groups in total. The molecule has 4 heteroatoms. The fourth-order valence-electron chi connectivity index (χ4n) is 2.19. The van der Waals surface area contributed by atoms with Crippen molar-refractivity contribution < 1.29 is 9.53 Å². The van der Waals surface area contributed by atoms with Gasteiger partial charge in [-0.25, -0.2) is 0 Å². The Morgan fingerprint density at radius 2 is 2.15 bits per heavy atom. The maximum Gasteiger partial charge on any atom is 0.221 e. The number of ether oxygens (including phenoxy) is 1. The van der Waals surface area contributed by atoms with Crippen LogP contribution in [0, 0.1) is 0 Å². The van der Waals surface area contributed by atoms with E-state index in [0.717, 1.165) is 29.7 Å². The highest BCUT2D eigenvalue weighted by Crippen LogP contribution is 2.22. The summed E-state index contributed by atoms with van der Waals surface area (Å²) >= 11 is 0. The summed E-state index contributed by atoms with van der Waals surface area (Å²) in [6, 6.07) is 8.15. The molecule has 0 bridgehead atoms. The van der Waals surface area contributed by atoms with Crippen LogP contribution in [0.1, 0.15) is 26.7 Å². The standard InChI is InChI=1S/C16H22N2O2/c1-3-11-20-14-5-6-15-13(12-14)7-9-18(15)10-8-16(19)17-4-2/h5-7,9,12H,3-4,8,10-11H2,1-2H3,(H,17,19). The molecule has 2 rings (SSSR count). The van der Waals surface area contributed by atoms with E-state index in [1.165, 1.54) is 0 Å². The third-order valence-electron chi connectivity index (χ3n) is 3.17. The van der Waals surface area contributed by atoms with Gasteiger partial charge < -0.3 is 14.6 Å². The van der Waals surface area contributed by atoms with Gasteiger partial charge in [-0.3, -0.25) is 4.79 Å². The normalized spacial score (nSPS) is 10.7. The molecule has 0 aliphatic heterocycles.